The van der Waals surface area contributed by atoms with E-state index in [0.717, 1.165) is 31.7 Å². The molecule has 0 aromatic heterocycles. The smallest absolute Gasteiger partial charge is 0.239 e. The second-order valence-electron chi connectivity index (χ2n) is 5.72. The molecule has 1 unspecified atom stereocenters. The van der Waals surface area contributed by atoms with Crippen molar-refractivity contribution in [2.45, 2.75) is 38.5 Å². The van der Waals surface area contributed by atoms with E-state index in [-0.39, 0.29) is 5.91 Å². The summed E-state index contributed by atoms with van der Waals surface area (Å²) in [7, 11) is 0. The molecule has 1 aromatic carbocycles. The van der Waals surface area contributed by atoms with E-state index >= 15 is 0 Å². The monoisotopic (exact) mass is 300 g/mol. The van der Waals surface area contributed by atoms with Crippen molar-refractivity contribution in [2.24, 2.45) is 5.92 Å². The molecule has 118 valence electrons. The van der Waals surface area contributed by atoms with Crippen LogP contribution in [-0.2, 0) is 4.79 Å². The van der Waals surface area contributed by atoms with Gasteiger partial charge in [0.25, 0.3) is 0 Å². The highest BCUT2D eigenvalue weighted by atomic mass is 16.5. The Morgan fingerprint density at radius 1 is 1.18 bits per heavy atom. The van der Waals surface area contributed by atoms with Gasteiger partial charge in [0.05, 0.1) is 12.7 Å². The van der Waals surface area contributed by atoms with Crippen LogP contribution in [0, 0.1) is 17.2 Å². The summed E-state index contributed by atoms with van der Waals surface area (Å²) in [5.41, 5.74) is 0. The second-order valence-corrected chi connectivity index (χ2v) is 5.72. The van der Waals surface area contributed by atoms with Crippen molar-refractivity contribution in [3.8, 4) is 11.8 Å². The lowest BCUT2D eigenvalue weighted by atomic mass is 10.0. The Balaban J connectivity index is 1.74. The summed E-state index contributed by atoms with van der Waals surface area (Å²) in [6, 6.07) is 11.8. The van der Waals surface area contributed by atoms with E-state index in [0.29, 0.717) is 19.4 Å². The van der Waals surface area contributed by atoms with Gasteiger partial charge in [-0.3, -0.25) is 4.79 Å². The lowest BCUT2D eigenvalue weighted by Crippen LogP contribution is -2.36. The summed E-state index contributed by atoms with van der Waals surface area (Å²) in [6.45, 7) is 2.14. The van der Waals surface area contributed by atoms with E-state index in [2.05, 4.69) is 6.07 Å². The first-order valence-electron chi connectivity index (χ1n) is 8.17. The first kappa shape index (κ1) is 16.4. The predicted molar refractivity (Wildman–Crippen MR) is 85.3 cm³/mol. The minimum absolute atomic E-state index is 0.00381. The fourth-order valence-corrected chi connectivity index (χ4v) is 2.75. The Hall–Kier alpha value is -2.02. The SMILES string of the molecule is N#CC(CCCOc1ccccc1)C(=O)N1CCCCCC1. The largest absolute Gasteiger partial charge is 0.494 e. The number of carbonyl (C=O) groups excluding carboxylic acids is 1. The van der Waals surface area contributed by atoms with Gasteiger partial charge in [-0.15, -0.1) is 0 Å². The van der Waals surface area contributed by atoms with Crippen molar-refractivity contribution in [2.75, 3.05) is 19.7 Å². The summed E-state index contributed by atoms with van der Waals surface area (Å²) in [5.74, 6) is 0.302. The van der Waals surface area contributed by atoms with Gasteiger partial charge in [0.2, 0.25) is 5.91 Å². The maximum atomic E-state index is 12.4. The Morgan fingerprint density at radius 3 is 2.50 bits per heavy atom. The van der Waals surface area contributed by atoms with Crippen LogP contribution < -0.4 is 4.74 Å². The topological polar surface area (TPSA) is 53.3 Å². The van der Waals surface area contributed by atoms with Gasteiger partial charge in [0.1, 0.15) is 11.7 Å². The van der Waals surface area contributed by atoms with Gasteiger partial charge < -0.3 is 9.64 Å². The number of nitriles is 1. The van der Waals surface area contributed by atoms with Gasteiger partial charge >= 0.3 is 0 Å². The number of hydrogen-bond donors (Lipinski definition) is 0. The van der Waals surface area contributed by atoms with Gasteiger partial charge in [0, 0.05) is 13.1 Å². The minimum atomic E-state index is -0.530. The summed E-state index contributed by atoms with van der Waals surface area (Å²) in [4.78, 5) is 14.3. The van der Waals surface area contributed by atoms with Crippen LogP contribution in [-0.4, -0.2) is 30.5 Å². The molecule has 1 amide bonds. The highest BCUT2D eigenvalue weighted by Crippen LogP contribution is 2.16. The number of nitrogens with zero attached hydrogens (tertiary/aromatic N) is 2. The van der Waals surface area contributed by atoms with Gasteiger partial charge in [-0.1, -0.05) is 31.0 Å². The van der Waals surface area contributed by atoms with E-state index in [1.54, 1.807) is 0 Å². The number of rotatable bonds is 6. The number of benzene rings is 1. The molecule has 4 heteroatoms. The Labute approximate surface area is 132 Å². The van der Waals surface area contributed by atoms with Gasteiger partial charge in [0.15, 0.2) is 0 Å². The molecular weight excluding hydrogens is 276 g/mol. The zero-order valence-corrected chi connectivity index (χ0v) is 13.0. The zero-order chi connectivity index (χ0) is 15.6. The first-order chi connectivity index (χ1) is 10.8. The van der Waals surface area contributed by atoms with Crippen molar-refractivity contribution in [3.05, 3.63) is 30.3 Å². The first-order valence-corrected chi connectivity index (χ1v) is 8.17. The zero-order valence-electron chi connectivity index (χ0n) is 13.0. The number of likely N-dealkylation sites (tertiary alicyclic amines) is 1. The van der Waals surface area contributed by atoms with Crippen LogP contribution in [0.5, 0.6) is 5.75 Å². The van der Waals surface area contributed by atoms with Crippen LogP contribution in [0.1, 0.15) is 38.5 Å². The molecule has 1 aromatic rings. The maximum Gasteiger partial charge on any atom is 0.239 e. The summed E-state index contributed by atoms with van der Waals surface area (Å²) < 4.78 is 5.61. The van der Waals surface area contributed by atoms with Gasteiger partial charge in [-0.25, -0.2) is 0 Å². The standard InChI is InChI=1S/C18H24N2O2/c19-15-16(18(21)20-12-6-1-2-7-13-20)9-8-14-22-17-10-4-3-5-11-17/h3-5,10-11,16H,1-2,6-9,12-14H2. The molecule has 1 saturated heterocycles. The number of ether oxygens (including phenoxy) is 1. The second kappa shape index (κ2) is 9.09. The highest BCUT2D eigenvalue weighted by Gasteiger charge is 2.24. The number of para-hydroxylation sites is 1. The van der Waals surface area contributed by atoms with Crippen LogP contribution in [0.3, 0.4) is 0 Å². The van der Waals surface area contributed by atoms with Crippen molar-refractivity contribution < 1.29 is 9.53 Å². The third-order valence-corrected chi connectivity index (χ3v) is 4.02. The molecule has 0 radical (unpaired) electrons. The quantitative estimate of drug-likeness (QED) is 0.757. The fraction of sp³-hybridized carbons (Fsp3) is 0.556. The lowest BCUT2D eigenvalue weighted by Gasteiger charge is -2.22. The molecule has 22 heavy (non-hydrogen) atoms. The summed E-state index contributed by atoms with van der Waals surface area (Å²) in [5, 5.41) is 9.28. The average Bonchev–Trinajstić information content (AvgIpc) is 2.85. The molecule has 1 aliphatic heterocycles. The molecule has 1 atom stereocenters. The van der Waals surface area contributed by atoms with Crippen LogP contribution in [0.4, 0.5) is 0 Å². The molecule has 0 aliphatic carbocycles. The van der Waals surface area contributed by atoms with Crippen LogP contribution in [0.2, 0.25) is 0 Å². The molecule has 2 rings (SSSR count). The van der Waals surface area contributed by atoms with E-state index < -0.39 is 5.92 Å². The molecule has 1 fully saturated rings. The number of amides is 1. The van der Waals surface area contributed by atoms with Gasteiger partial charge in [-0.2, -0.15) is 5.26 Å². The van der Waals surface area contributed by atoms with Crippen LogP contribution in [0.15, 0.2) is 30.3 Å². The van der Waals surface area contributed by atoms with Crippen LogP contribution >= 0.6 is 0 Å². The number of carbonyl (C=O) groups is 1. The molecule has 0 bridgehead atoms. The molecule has 1 aliphatic rings. The van der Waals surface area contributed by atoms with Crippen molar-refractivity contribution in [1.29, 1.82) is 5.26 Å². The predicted octanol–water partition coefficient (Wildman–Crippen LogP) is 3.39. The van der Waals surface area contributed by atoms with Crippen molar-refractivity contribution in [3.63, 3.8) is 0 Å². The van der Waals surface area contributed by atoms with E-state index in [1.807, 2.05) is 35.2 Å². The molecule has 4 nitrogen and oxygen atoms in total. The summed E-state index contributed by atoms with van der Waals surface area (Å²) in [6.07, 6.45) is 5.77. The Bertz CT molecular complexity index is 488. The molecular formula is C18H24N2O2. The maximum absolute atomic E-state index is 12.4. The highest BCUT2D eigenvalue weighted by molar-refractivity contribution is 5.81. The van der Waals surface area contributed by atoms with Crippen molar-refractivity contribution in [1.82, 2.24) is 4.90 Å². The van der Waals surface area contributed by atoms with E-state index in [1.165, 1.54) is 12.8 Å². The summed E-state index contributed by atoms with van der Waals surface area (Å²) >= 11 is 0. The van der Waals surface area contributed by atoms with E-state index in [4.69, 9.17) is 4.74 Å². The molecule has 1 heterocycles. The third-order valence-electron chi connectivity index (χ3n) is 4.02. The van der Waals surface area contributed by atoms with Gasteiger partial charge in [-0.05, 0) is 37.8 Å². The Morgan fingerprint density at radius 2 is 1.86 bits per heavy atom. The van der Waals surface area contributed by atoms with Crippen LogP contribution in [0.25, 0.3) is 0 Å². The van der Waals surface area contributed by atoms with Crippen molar-refractivity contribution >= 4 is 5.91 Å². The number of hydrogen-bond acceptors (Lipinski definition) is 3. The minimum Gasteiger partial charge on any atom is -0.494 e. The normalized spacial score (nSPS) is 16.4. The van der Waals surface area contributed by atoms with E-state index in [9.17, 15) is 10.1 Å². The fourth-order valence-electron chi connectivity index (χ4n) is 2.75. The average molecular weight is 300 g/mol. The lowest BCUT2D eigenvalue weighted by molar-refractivity contribution is -0.133. The third kappa shape index (κ3) is 5.07. The molecule has 0 saturated carbocycles. The molecule has 0 spiro atoms. The molecule has 0 N–H and O–H groups in total. The Kier molecular flexibility index (Phi) is 6.76.